The summed E-state index contributed by atoms with van der Waals surface area (Å²) < 4.78 is 5.48. The number of hydrazine groups is 1. The summed E-state index contributed by atoms with van der Waals surface area (Å²) in [6.07, 6.45) is 5.34. The molecule has 1 aromatic heterocycles. The van der Waals surface area contributed by atoms with Crippen LogP contribution in [0.15, 0.2) is 33.4 Å². The van der Waals surface area contributed by atoms with E-state index in [4.69, 9.17) is 4.42 Å². The van der Waals surface area contributed by atoms with Crippen LogP contribution in [0.3, 0.4) is 0 Å². The number of carboxylic acid groups (broad SMARTS) is 1. The van der Waals surface area contributed by atoms with Crippen molar-refractivity contribution in [2.75, 3.05) is 0 Å². The third-order valence-electron chi connectivity index (χ3n) is 4.43. The van der Waals surface area contributed by atoms with Gasteiger partial charge in [0.1, 0.15) is 0 Å². The van der Waals surface area contributed by atoms with Crippen molar-refractivity contribution in [1.82, 2.24) is 10.9 Å². The molecule has 23 heavy (non-hydrogen) atoms. The van der Waals surface area contributed by atoms with Crippen molar-refractivity contribution in [1.29, 1.82) is 0 Å². The zero-order chi connectivity index (χ0) is 16.6. The molecule has 1 saturated carbocycles. The van der Waals surface area contributed by atoms with E-state index in [1.165, 1.54) is 6.07 Å². The molecule has 1 heterocycles. The van der Waals surface area contributed by atoms with Crippen LogP contribution >= 0.6 is 15.9 Å². The summed E-state index contributed by atoms with van der Waals surface area (Å²) in [6, 6.07) is 3.01. The molecule has 0 radical (unpaired) electrons. The van der Waals surface area contributed by atoms with Gasteiger partial charge in [-0.1, -0.05) is 12.2 Å². The van der Waals surface area contributed by atoms with Gasteiger partial charge >= 0.3 is 11.9 Å². The minimum atomic E-state index is -0.981. The lowest BCUT2D eigenvalue weighted by Crippen LogP contribution is -2.53. The standard InChI is InChI=1S/C15H15BrN2O5/c16-10-6-5-9(23-10)13(19)17-18-14(20)11-7-1-3-8(4-2-7)12(11)15(21)22/h1,3,5-8,11-12H,2,4H2,(H,17,19)(H,18,20)(H,21,22)/t7-,8-,11+,12-/m0/s1. The fourth-order valence-corrected chi connectivity index (χ4v) is 3.69. The van der Waals surface area contributed by atoms with Gasteiger partial charge in [0.25, 0.3) is 0 Å². The maximum atomic E-state index is 12.4. The molecule has 2 bridgehead atoms. The van der Waals surface area contributed by atoms with E-state index in [0.717, 1.165) is 12.8 Å². The first-order valence-corrected chi connectivity index (χ1v) is 8.03. The molecular weight excluding hydrogens is 368 g/mol. The minimum absolute atomic E-state index is 0.0389. The Morgan fingerprint density at radius 1 is 1.09 bits per heavy atom. The fraction of sp³-hybridized carbons (Fsp3) is 0.400. The molecule has 0 saturated heterocycles. The van der Waals surface area contributed by atoms with Gasteiger partial charge in [0.05, 0.1) is 11.8 Å². The quantitative estimate of drug-likeness (QED) is 0.544. The van der Waals surface area contributed by atoms with Crippen LogP contribution in [0.2, 0.25) is 0 Å². The summed E-state index contributed by atoms with van der Waals surface area (Å²) in [6.45, 7) is 0. The minimum Gasteiger partial charge on any atom is -0.481 e. The number of halogens is 1. The number of hydrogen-bond acceptors (Lipinski definition) is 4. The molecule has 0 spiro atoms. The van der Waals surface area contributed by atoms with Gasteiger partial charge in [0, 0.05) is 0 Å². The van der Waals surface area contributed by atoms with Crippen LogP contribution in [-0.2, 0) is 9.59 Å². The Bertz CT molecular complexity index is 683. The molecule has 3 N–H and O–H groups in total. The number of aliphatic carboxylic acids is 1. The Hall–Kier alpha value is -2.09. The summed E-state index contributed by atoms with van der Waals surface area (Å²) in [7, 11) is 0. The van der Waals surface area contributed by atoms with Crippen molar-refractivity contribution in [3.63, 3.8) is 0 Å². The number of fused-ring (bicyclic) bond motifs is 2. The van der Waals surface area contributed by atoms with Crippen molar-refractivity contribution < 1.29 is 23.9 Å². The highest BCUT2D eigenvalue weighted by Crippen LogP contribution is 2.44. The number of rotatable bonds is 3. The van der Waals surface area contributed by atoms with E-state index < -0.39 is 29.6 Å². The maximum Gasteiger partial charge on any atom is 0.307 e. The van der Waals surface area contributed by atoms with Gasteiger partial charge in [-0.15, -0.1) is 0 Å². The van der Waals surface area contributed by atoms with E-state index in [1.807, 2.05) is 12.2 Å². The van der Waals surface area contributed by atoms with Gasteiger partial charge in [-0.2, -0.15) is 0 Å². The zero-order valence-electron chi connectivity index (χ0n) is 12.0. The van der Waals surface area contributed by atoms with E-state index in [9.17, 15) is 19.5 Å². The largest absolute Gasteiger partial charge is 0.481 e. The number of hydrogen-bond donors (Lipinski definition) is 3. The molecule has 0 aromatic carbocycles. The highest BCUT2D eigenvalue weighted by molar-refractivity contribution is 9.10. The second kappa shape index (κ2) is 6.19. The Labute approximate surface area is 140 Å². The summed E-state index contributed by atoms with van der Waals surface area (Å²) >= 11 is 3.08. The van der Waals surface area contributed by atoms with Crippen LogP contribution in [-0.4, -0.2) is 22.9 Å². The van der Waals surface area contributed by atoms with E-state index in [1.54, 1.807) is 6.07 Å². The second-order valence-electron chi connectivity index (χ2n) is 5.73. The highest BCUT2D eigenvalue weighted by atomic mass is 79.9. The molecule has 0 unspecified atom stereocenters. The number of carboxylic acids is 1. The number of amides is 2. The summed E-state index contributed by atoms with van der Waals surface area (Å²) in [5.41, 5.74) is 4.58. The van der Waals surface area contributed by atoms with E-state index in [0.29, 0.717) is 4.67 Å². The number of furan rings is 1. The Balaban J connectivity index is 1.66. The van der Waals surface area contributed by atoms with Crippen LogP contribution in [0.25, 0.3) is 0 Å². The molecule has 4 atom stereocenters. The third kappa shape index (κ3) is 3.03. The van der Waals surface area contributed by atoms with Gasteiger partial charge in [0.2, 0.25) is 5.91 Å². The SMILES string of the molecule is O=C(NNC(=O)[C@H]1[C@@H](C(=O)O)[C@H]2C=C[C@H]1CC2)c1ccc(Br)o1. The van der Waals surface area contributed by atoms with E-state index >= 15 is 0 Å². The Kier molecular flexibility index (Phi) is 4.25. The monoisotopic (exact) mass is 382 g/mol. The molecular formula is C15H15BrN2O5. The molecule has 1 aromatic rings. The van der Waals surface area contributed by atoms with Gasteiger partial charge in [0.15, 0.2) is 10.4 Å². The number of allylic oxidation sites excluding steroid dienone is 2. The van der Waals surface area contributed by atoms with Crippen molar-refractivity contribution in [3.05, 3.63) is 34.7 Å². The van der Waals surface area contributed by atoms with Crippen LogP contribution in [0.1, 0.15) is 23.4 Å². The zero-order valence-corrected chi connectivity index (χ0v) is 13.6. The number of nitrogens with one attached hydrogen (secondary N) is 2. The van der Waals surface area contributed by atoms with Crippen molar-refractivity contribution in [3.8, 4) is 0 Å². The number of carbonyl (C=O) groups is 3. The summed E-state index contributed by atoms with van der Waals surface area (Å²) in [5, 5.41) is 9.42. The topological polar surface area (TPSA) is 109 Å². The predicted octanol–water partition coefficient (Wildman–Crippen LogP) is 1.72. The molecule has 122 valence electrons. The highest BCUT2D eigenvalue weighted by Gasteiger charge is 2.48. The van der Waals surface area contributed by atoms with Gasteiger partial charge in [-0.25, -0.2) is 0 Å². The lowest BCUT2D eigenvalue weighted by molar-refractivity contribution is -0.153. The fourth-order valence-electron chi connectivity index (χ4n) is 3.39. The molecule has 1 fully saturated rings. The van der Waals surface area contributed by atoms with E-state index in [-0.39, 0.29) is 17.6 Å². The molecule has 3 aliphatic rings. The Morgan fingerprint density at radius 3 is 2.26 bits per heavy atom. The van der Waals surface area contributed by atoms with Crippen molar-refractivity contribution in [2.24, 2.45) is 23.7 Å². The lowest BCUT2D eigenvalue weighted by atomic mass is 9.62. The van der Waals surface area contributed by atoms with E-state index in [2.05, 4.69) is 26.8 Å². The molecule has 8 heteroatoms. The first-order valence-electron chi connectivity index (χ1n) is 7.24. The number of carbonyl (C=O) groups excluding carboxylic acids is 2. The summed E-state index contributed by atoms with van der Waals surface area (Å²) in [4.78, 5) is 35.7. The first kappa shape index (κ1) is 15.8. The average molecular weight is 383 g/mol. The second-order valence-corrected chi connectivity index (χ2v) is 6.51. The van der Waals surface area contributed by atoms with Gasteiger partial charge in [-0.3, -0.25) is 25.2 Å². The van der Waals surface area contributed by atoms with Gasteiger partial charge in [-0.05, 0) is 52.7 Å². The average Bonchev–Trinajstić information content (AvgIpc) is 2.99. The molecule has 7 nitrogen and oxygen atoms in total. The molecule has 0 aliphatic heterocycles. The predicted molar refractivity (Wildman–Crippen MR) is 82.0 cm³/mol. The first-order chi connectivity index (χ1) is 11.0. The van der Waals surface area contributed by atoms with Crippen molar-refractivity contribution >= 4 is 33.7 Å². The smallest absolute Gasteiger partial charge is 0.307 e. The Morgan fingerprint density at radius 2 is 1.74 bits per heavy atom. The lowest BCUT2D eigenvalue weighted by Gasteiger charge is -2.41. The maximum absolute atomic E-state index is 12.4. The molecule has 4 rings (SSSR count). The van der Waals surface area contributed by atoms with Crippen molar-refractivity contribution in [2.45, 2.75) is 12.8 Å². The van der Waals surface area contributed by atoms with Crippen LogP contribution in [0, 0.1) is 23.7 Å². The normalized spacial score (nSPS) is 28.4. The van der Waals surface area contributed by atoms with Gasteiger partial charge < -0.3 is 9.52 Å². The third-order valence-corrected chi connectivity index (χ3v) is 4.86. The molecule has 3 aliphatic carbocycles. The summed E-state index contributed by atoms with van der Waals surface area (Å²) in [5.74, 6) is -3.72. The van der Waals surface area contributed by atoms with Crippen LogP contribution < -0.4 is 10.9 Å². The molecule has 2 amide bonds. The van der Waals surface area contributed by atoms with Crippen LogP contribution in [0.5, 0.6) is 0 Å². The van der Waals surface area contributed by atoms with Crippen LogP contribution in [0.4, 0.5) is 0 Å².